The summed E-state index contributed by atoms with van der Waals surface area (Å²) in [6, 6.07) is 11.9. The minimum atomic E-state index is 0.482. The summed E-state index contributed by atoms with van der Waals surface area (Å²) in [6.45, 7) is 0.673. The highest BCUT2D eigenvalue weighted by atomic mass is 35.5. The molecule has 1 aliphatic carbocycles. The van der Waals surface area contributed by atoms with Crippen LogP contribution in [0.15, 0.2) is 41.0 Å². The molecule has 0 unspecified atom stereocenters. The molecule has 1 aromatic carbocycles. The first-order valence-electron chi connectivity index (χ1n) is 6.26. The molecule has 0 amide bonds. The number of hydrogen-bond donors (Lipinski definition) is 0. The Hall–Kier alpha value is -1.92. The van der Waals surface area contributed by atoms with Gasteiger partial charge in [-0.15, -0.1) is 0 Å². The van der Waals surface area contributed by atoms with Crippen LogP contribution in [-0.4, -0.2) is 6.04 Å². The third kappa shape index (κ3) is 2.59. The Morgan fingerprint density at radius 1 is 1.37 bits per heavy atom. The van der Waals surface area contributed by atoms with Crippen LogP contribution in [0, 0.1) is 11.3 Å². The minimum Gasteiger partial charge on any atom is -0.467 e. The smallest absolute Gasteiger partial charge is 0.123 e. The van der Waals surface area contributed by atoms with Crippen molar-refractivity contribution in [3.8, 4) is 6.07 Å². The molecule has 1 aliphatic rings. The van der Waals surface area contributed by atoms with E-state index in [4.69, 9.17) is 16.0 Å². The van der Waals surface area contributed by atoms with Gasteiger partial charge in [-0.3, -0.25) is 0 Å². The highest BCUT2D eigenvalue weighted by Gasteiger charge is 2.31. The third-order valence-corrected chi connectivity index (χ3v) is 3.52. The molecule has 0 bridgehead atoms. The maximum Gasteiger partial charge on any atom is 0.123 e. The lowest BCUT2D eigenvalue weighted by molar-refractivity contribution is 0.501. The molecule has 0 aliphatic heterocycles. The first kappa shape index (κ1) is 12.1. The second-order valence-corrected chi connectivity index (χ2v) is 5.15. The second kappa shape index (κ2) is 4.99. The fourth-order valence-corrected chi connectivity index (χ4v) is 2.37. The van der Waals surface area contributed by atoms with Gasteiger partial charge < -0.3 is 9.32 Å². The van der Waals surface area contributed by atoms with Crippen molar-refractivity contribution in [2.45, 2.75) is 25.4 Å². The number of hydrogen-bond acceptors (Lipinski definition) is 3. The molecule has 0 spiro atoms. The van der Waals surface area contributed by atoms with Crippen molar-refractivity contribution in [1.82, 2.24) is 0 Å². The Kier molecular flexibility index (Phi) is 3.18. The lowest BCUT2D eigenvalue weighted by Crippen LogP contribution is -2.25. The molecule has 3 nitrogen and oxygen atoms in total. The molecule has 1 heterocycles. The van der Waals surface area contributed by atoms with Crippen molar-refractivity contribution in [3.05, 3.63) is 52.9 Å². The monoisotopic (exact) mass is 272 g/mol. The maximum atomic E-state index is 9.24. The Labute approximate surface area is 117 Å². The highest BCUT2D eigenvalue weighted by Crippen LogP contribution is 2.36. The number of benzene rings is 1. The van der Waals surface area contributed by atoms with Crippen molar-refractivity contribution in [1.29, 1.82) is 5.26 Å². The third-order valence-electron chi connectivity index (χ3n) is 3.28. The fraction of sp³-hybridized carbons (Fsp3) is 0.267. The van der Waals surface area contributed by atoms with Crippen LogP contribution in [0.2, 0.25) is 5.02 Å². The van der Waals surface area contributed by atoms with Gasteiger partial charge in [0.2, 0.25) is 0 Å². The number of rotatable bonds is 4. The molecule has 0 atom stereocenters. The average Bonchev–Trinajstić information content (AvgIpc) is 3.13. The van der Waals surface area contributed by atoms with Crippen LogP contribution in [0.4, 0.5) is 5.69 Å². The van der Waals surface area contributed by atoms with Gasteiger partial charge >= 0.3 is 0 Å². The fourth-order valence-electron chi connectivity index (χ4n) is 2.20. The SMILES string of the molecule is N#Cc1ccc(Cl)cc1N(Cc1ccco1)C1CC1. The first-order chi connectivity index (χ1) is 9.28. The average molecular weight is 273 g/mol. The molecule has 0 radical (unpaired) electrons. The van der Waals surface area contributed by atoms with Crippen LogP contribution in [0.3, 0.4) is 0 Å². The number of nitriles is 1. The van der Waals surface area contributed by atoms with E-state index in [-0.39, 0.29) is 0 Å². The van der Waals surface area contributed by atoms with Gasteiger partial charge in [0.1, 0.15) is 11.8 Å². The standard InChI is InChI=1S/C15H13ClN2O/c16-12-4-3-11(9-17)15(8-12)18(13-5-6-13)10-14-2-1-7-19-14/h1-4,7-8,13H,5-6,10H2. The number of halogens is 1. The van der Waals surface area contributed by atoms with Crippen LogP contribution >= 0.6 is 11.6 Å². The Morgan fingerprint density at radius 2 is 2.21 bits per heavy atom. The quantitative estimate of drug-likeness (QED) is 0.845. The normalized spacial score (nSPS) is 14.1. The molecule has 19 heavy (non-hydrogen) atoms. The molecule has 0 N–H and O–H groups in total. The van der Waals surface area contributed by atoms with Crippen LogP contribution in [0.5, 0.6) is 0 Å². The lowest BCUT2D eigenvalue weighted by atomic mass is 10.1. The van der Waals surface area contributed by atoms with Crippen molar-refractivity contribution in [2.75, 3.05) is 4.90 Å². The molecule has 4 heteroatoms. The lowest BCUT2D eigenvalue weighted by Gasteiger charge is -2.24. The van der Waals surface area contributed by atoms with Gasteiger partial charge in [-0.05, 0) is 43.2 Å². The van der Waals surface area contributed by atoms with Crippen LogP contribution in [0.1, 0.15) is 24.2 Å². The summed E-state index contributed by atoms with van der Waals surface area (Å²) in [5.74, 6) is 0.899. The molecule has 2 aromatic rings. The zero-order valence-electron chi connectivity index (χ0n) is 10.3. The first-order valence-corrected chi connectivity index (χ1v) is 6.64. The van der Waals surface area contributed by atoms with E-state index >= 15 is 0 Å². The molecule has 96 valence electrons. The molecule has 3 rings (SSSR count). The van der Waals surface area contributed by atoms with Gasteiger partial charge in [-0.1, -0.05) is 11.6 Å². The maximum absolute atomic E-state index is 9.24. The predicted molar refractivity (Wildman–Crippen MR) is 74.1 cm³/mol. The van der Waals surface area contributed by atoms with Crippen molar-refractivity contribution < 1.29 is 4.42 Å². The zero-order chi connectivity index (χ0) is 13.2. The highest BCUT2D eigenvalue weighted by molar-refractivity contribution is 6.30. The van der Waals surface area contributed by atoms with Crippen LogP contribution < -0.4 is 4.90 Å². The predicted octanol–water partition coefficient (Wildman–Crippen LogP) is 3.97. The van der Waals surface area contributed by atoms with E-state index in [0.29, 0.717) is 23.2 Å². The summed E-state index contributed by atoms with van der Waals surface area (Å²) < 4.78 is 5.41. The van der Waals surface area contributed by atoms with Gasteiger partial charge in [0.15, 0.2) is 0 Å². The van der Waals surface area contributed by atoms with E-state index in [1.54, 1.807) is 18.4 Å². The summed E-state index contributed by atoms with van der Waals surface area (Å²) in [5.41, 5.74) is 1.55. The largest absolute Gasteiger partial charge is 0.467 e. The summed E-state index contributed by atoms with van der Waals surface area (Å²) in [5, 5.41) is 9.90. The number of nitrogens with zero attached hydrogens (tertiary/aromatic N) is 2. The van der Waals surface area contributed by atoms with E-state index in [0.717, 1.165) is 24.3 Å². The Balaban J connectivity index is 1.96. The number of anilines is 1. The molecule has 1 fully saturated rings. The number of furan rings is 1. The van der Waals surface area contributed by atoms with E-state index < -0.39 is 0 Å². The van der Waals surface area contributed by atoms with Gasteiger partial charge in [0, 0.05) is 11.1 Å². The van der Waals surface area contributed by atoms with E-state index in [1.165, 1.54) is 0 Å². The minimum absolute atomic E-state index is 0.482. The molecular weight excluding hydrogens is 260 g/mol. The van der Waals surface area contributed by atoms with Gasteiger partial charge in [0.05, 0.1) is 24.1 Å². The molecule has 1 saturated carbocycles. The summed E-state index contributed by atoms with van der Waals surface area (Å²) >= 11 is 6.07. The van der Waals surface area contributed by atoms with Crippen LogP contribution in [-0.2, 0) is 6.54 Å². The van der Waals surface area contributed by atoms with Gasteiger partial charge in [-0.25, -0.2) is 0 Å². The van der Waals surface area contributed by atoms with Gasteiger partial charge in [-0.2, -0.15) is 5.26 Å². The van der Waals surface area contributed by atoms with Crippen LogP contribution in [0.25, 0.3) is 0 Å². The Bertz CT molecular complexity index is 612. The van der Waals surface area contributed by atoms with Crippen molar-refractivity contribution >= 4 is 17.3 Å². The zero-order valence-corrected chi connectivity index (χ0v) is 11.1. The van der Waals surface area contributed by atoms with Crippen molar-refractivity contribution in [3.63, 3.8) is 0 Å². The molecule has 1 aromatic heterocycles. The topological polar surface area (TPSA) is 40.2 Å². The Morgan fingerprint density at radius 3 is 2.84 bits per heavy atom. The van der Waals surface area contributed by atoms with E-state index in [1.807, 2.05) is 18.2 Å². The second-order valence-electron chi connectivity index (χ2n) is 4.71. The molecule has 0 saturated heterocycles. The van der Waals surface area contributed by atoms with E-state index in [2.05, 4.69) is 11.0 Å². The molecular formula is C15H13ClN2O. The summed E-state index contributed by atoms with van der Waals surface area (Å²) in [6.07, 6.45) is 3.97. The summed E-state index contributed by atoms with van der Waals surface area (Å²) in [7, 11) is 0. The van der Waals surface area contributed by atoms with E-state index in [9.17, 15) is 5.26 Å². The summed E-state index contributed by atoms with van der Waals surface area (Å²) in [4.78, 5) is 2.21. The van der Waals surface area contributed by atoms with Crippen molar-refractivity contribution in [2.24, 2.45) is 0 Å². The van der Waals surface area contributed by atoms with Gasteiger partial charge in [0.25, 0.3) is 0 Å².